The Balaban J connectivity index is 1.67. The third-order valence-corrected chi connectivity index (χ3v) is 13.3. The van der Waals surface area contributed by atoms with Crippen molar-refractivity contribution in [3.8, 4) is 0 Å². The number of esters is 1. The lowest BCUT2D eigenvalue weighted by Crippen LogP contribution is -2.61. The molecule has 11 unspecified atom stereocenters. The fourth-order valence-corrected chi connectivity index (χ4v) is 8.68. The molecule has 2 rings (SSSR count). The van der Waals surface area contributed by atoms with Crippen LogP contribution in [0.2, 0.25) is 0 Å². The number of hydrogen-bond acceptors (Lipinski definition) is 14. The van der Waals surface area contributed by atoms with Crippen LogP contribution in [-0.4, -0.2) is 142 Å². The molecule has 0 aliphatic carbocycles. The number of ether oxygens (including phenoxy) is 6. The first-order valence-corrected chi connectivity index (χ1v) is 28.2. The van der Waals surface area contributed by atoms with Crippen LogP contribution in [-0.2, 0) is 33.2 Å². The van der Waals surface area contributed by atoms with Crippen molar-refractivity contribution in [2.75, 3.05) is 33.0 Å². The van der Waals surface area contributed by atoms with E-state index in [1.807, 2.05) is 0 Å². The highest BCUT2D eigenvalue weighted by atomic mass is 16.7. The van der Waals surface area contributed by atoms with E-state index in [1.54, 1.807) is 0 Å². The van der Waals surface area contributed by atoms with Gasteiger partial charge in [0.2, 0.25) is 0 Å². The summed E-state index contributed by atoms with van der Waals surface area (Å²) < 4.78 is 34.3. The quantitative estimate of drug-likeness (QED) is 0.0172. The van der Waals surface area contributed by atoms with Gasteiger partial charge < -0.3 is 64.2 Å². The summed E-state index contributed by atoms with van der Waals surface area (Å²) >= 11 is 0. The van der Waals surface area contributed by atoms with Crippen LogP contribution in [0.5, 0.6) is 0 Å². The molecule has 14 nitrogen and oxygen atoms in total. The predicted octanol–water partition coefficient (Wildman–Crippen LogP) is 9.52. The third-order valence-electron chi connectivity index (χ3n) is 13.3. The van der Waals surface area contributed by atoms with E-state index in [4.69, 9.17) is 28.4 Å². The molecular weight excluding hydrogens is 909 g/mol. The highest BCUT2D eigenvalue weighted by Gasteiger charge is 2.47. The average Bonchev–Trinajstić information content (AvgIpc) is 3.37. The molecule has 0 aromatic rings. The molecule has 0 amide bonds. The Morgan fingerprint density at radius 1 is 0.465 bits per heavy atom. The third kappa shape index (κ3) is 31.4. The van der Waals surface area contributed by atoms with Gasteiger partial charge >= 0.3 is 5.97 Å². The Morgan fingerprint density at radius 2 is 0.887 bits per heavy atom. The van der Waals surface area contributed by atoms with Gasteiger partial charge in [0.1, 0.15) is 54.9 Å². The largest absolute Gasteiger partial charge is 0.457 e. The summed E-state index contributed by atoms with van der Waals surface area (Å²) in [5, 5.41) is 72.2. The Morgan fingerprint density at radius 3 is 1.42 bits per heavy atom. The van der Waals surface area contributed by atoms with Crippen LogP contribution < -0.4 is 0 Å². The molecule has 71 heavy (non-hydrogen) atoms. The molecule has 11 atom stereocenters. The van der Waals surface area contributed by atoms with Gasteiger partial charge in [0.15, 0.2) is 12.6 Å². The van der Waals surface area contributed by atoms with E-state index in [0.29, 0.717) is 13.0 Å². The van der Waals surface area contributed by atoms with Crippen molar-refractivity contribution < 1.29 is 69.0 Å². The smallest absolute Gasteiger partial charge is 0.306 e. The second kappa shape index (κ2) is 44.3. The molecule has 414 valence electrons. The van der Waals surface area contributed by atoms with Gasteiger partial charge in [0.25, 0.3) is 0 Å². The summed E-state index contributed by atoms with van der Waals surface area (Å²) in [4.78, 5) is 13.0. The molecule has 2 saturated heterocycles. The Hall–Kier alpha value is -2.05. The Kier molecular flexibility index (Phi) is 40.6. The van der Waals surface area contributed by atoms with Crippen LogP contribution in [0.3, 0.4) is 0 Å². The van der Waals surface area contributed by atoms with Gasteiger partial charge in [-0.2, -0.15) is 0 Å². The van der Waals surface area contributed by atoms with Gasteiger partial charge in [-0.05, 0) is 70.6 Å². The summed E-state index contributed by atoms with van der Waals surface area (Å²) in [7, 11) is 0. The minimum absolute atomic E-state index is 0.0558. The van der Waals surface area contributed by atoms with Gasteiger partial charge in [-0.25, -0.2) is 0 Å². The van der Waals surface area contributed by atoms with E-state index >= 15 is 0 Å². The zero-order chi connectivity index (χ0) is 51.6. The lowest BCUT2D eigenvalue weighted by molar-refractivity contribution is -0.332. The molecule has 2 aliphatic rings. The lowest BCUT2D eigenvalue weighted by atomic mass is 9.98. The summed E-state index contributed by atoms with van der Waals surface area (Å²) in [5.41, 5.74) is 0. The fourth-order valence-electron chi connectivity index (χ4n) is 8.68. The van der Waals surface area contributed by atoms with E-state index in [1.165, 1.54) is 109 Å². The highest BCUT2D eigenvalue weighted by molar-refractivity contribution is 5.69. The predicted molar refractivity (Wildman–Crippen MR) is 279 cm³/mol. The monoisotopic (exact) mass is 1010 g/mol. The molecule has 2 heterocycles. The number of unbranched alkanes of at least 4 members (excludes halogenated alkanes) is 23. The van der Waals surface area contributed by atoms with Crippen LogP contribution in [0.1, 0.15) is 206 Å². The number of carbonyl (C=O) groups excluding carboxylic acids is 1. The number of aliphatic hydroxyl groups is 7. The van der Waals surface area contributed by atoms with Crippen molar-refractivity contribution >= 4 is 5.97 Å². The van der Waals surface area contributed by atoms with Crippen molar-refractivity contribution in [3.05, 3.63) is 48.6 Å². The summed E-state index contributed by atoms with van der Waals surface area (Å²) in [6.45, 7) is 3.62. The van der Waals surface area contributed by atoms with E-state index in [2.05, 4.69) is 62.5 Å². The fraction of sp³-hybridized carbons (Fsp3) is 0.842. The van der Waals surface area contributed by atoms with Gasteiger partial charge in [-0.15, -0.1) is 0 Å². The molecule has 14 heteroatoms. The van der Waals surface area contributed by atoms with Crippen molar-refractivity contribution in [1.29, 1.82) is 0 Å². The SMILES string of the molecule is CCCC/C=C\CCCCCCCC(=O)OC(COCCCCCCCCCCCCC/C=C\C/C=C\C/C=C\CCCCCCC)COC1OC(COC2OC(CO)C(O)C(O)C2O)C(O)C(O)C1O. The first kappa shape index (κ1) is 65.1. The van der Waals surface area contributed by atoms with E-state index < -0.39 is 80.7 Å². The standard InChI is InChI=1S/C57H102O14/c1-3-5-7-9-11-13-15-16-17-18-19-20-21-22-23-24-25-26-27-28-29-31-33-35-37-39-41-66-43-46(69-49(59)40-38-36-34-32-30-14-12-10-8-6-4-2)44-67-56-55(65)53(63)51(61)48(71-56)45-68-57-54(64)52(62)50(60)47(42-58)70-57/h10,12,15-16,18-19,21-22,46-48,50-58,60-65H,3-9,11,13-14,17,20,23-45H2,1-2H3/b12-10-,16-15-,19-18-,22-21-. The topological polar surface area (TPSA) is 214 Å². The first-order chi connectivity index (χ1) is 34.6. The zero-order valence-corrected chi connectivity index (χ0v) is 44.2. The Bertz CT molecular complexity index is 1360. The maximum atomic E-state index is 13.0. The van der Waals surface area contributed by atoms with Crippen LogP contribution in [0.4, 0.5) is 0 Å². The minimum Gasteiger partial charge on any atom is -0.457 e. The molecule has 0 bridgehead atoms. The second-order valence-corrected chi connectivity index (χ2v) is 19.8. The molecule has 0 spiro atoms. The van der Waals surface area contributed by atoms with Crippen molar-refractivity contribution in [1.82, 2.24) is 0 Å². The number of rotatable bonds is 45. The minimum atomic E-state index is -1.71. The lowest BCUT2D eigenvalue weighted by Gasteiger charge is -2.42. The summed E-state index contributed by atoms with van der Waals surface area (Å²) in [5.74, 6) is -0.388. The van der Waals surface area contributed by atoms with Gasteiger partial charge in [0, 0.05) is 13.0 Å². The van der Waals surface area contributed by atoms with E-state index in [9.17, 15) is 40.5 Å². The molecular formula is C57H102O14. The number of allylic oxidation sites excluding steroid dienone is 8. The molecule has 0 aromatic heterocycles. The van der Waals surface area contributed by atoms with Gasteiger partial charge in [0.05, 0.1) is 26.4 Å². The van der Waals surface area contributed by atoms with Crippen LogP contribution in [0.15, 0.2) is 48.6 Å². The zero-order valence-electron chi connectivity index (χ0n) is 44.2. The highest BCUT2D eigenvalue weighted by Crippen LogP contribution is 2.26. The molecule has 0 radical (unpaired) electrons. The average molecular weight is 1010 g/mol. The maximum Gasteiger partial charge on any atom is 0.306 e. The molecule has 2 fully saturated rings. The second-order valence-electron chi connectivity index (χ2n) is 19.8. The first-order valence-electron chi connectivity index (χ1n) is 28.2. The van der Waals surface area contributed by atoms with E-state index in [-0.39, 0.29) is 25.6 Å². The van der Waals surface area contributed by atoms with Gasteiger partial charge in [-0.3, -0.25) is 4.79 Å². The Labute approximate surface area is 429 Å². The van der Waals surface area contributed by atoms with Crippen LogP contribution in [0.25, 0.3) is 0 Å². The summed E-state index contributed by atoms with van der Waals surface area (Å²) in [6, 6.07) is 0. The van der Waals surface area contributed by atoms with Crippen molar-refractivity contribution in [2.24, 2.45) is 0 Å². The molecule has 0 saturated carbocycles. The molecule has 0 aromatic carbocycles. The molecule has 2 aliphatic heterocycles. The van der Waals surface area contributed by atoms with Crippen molar-refractivity contribution in [3.63, 3.8) is 0 Å². The maximum absolute atomic E-state index is 13.0. The van der Waals surface area contributed by atoms with Gasteiger partial charge in [-0.1, -0.05) is 178 Å². The molecule has 7 N–H and O–H groups in total. The number of aliphatic hydroxyl groups excluding tert-OH is 7. The number of hydrogen-bond donors (Lipinski definition) is 7. The van der Waals surface area contributed by atoms with E-state index in [0.717, 1.165) is 70.6 Å². The van der Waals surface area contributed by atoms with Crippen molar-refractivity contribution in [2.45, 2.75) is 274 Å². The van der Waals surface area contributed by atoms with Crippen LogP contribution in [0, 0.1) is 0 Å². The van der Waals surface area contributed by atoms with Crippen LogP contribution >= 0.6 is 0 Å². The summed E-state index contributed by atoms with van der Waals surface area (Å²) in [6.07, 6.45) is 36.1. The normalized spacial score (nSPS) is 25.6. The number of carbonyl (C=O) groups is 1.